The number of anilines is 3. The zero-order valence-electron chi connectivity index (χ0n) is 25.4. The largest absolute Gasteiger partial charge is 0.494 e. The molecule has 2 aromatic heterocycles. The third kappa shape index (κ3) is 6.34. The number of nitrogens with one attached hydrogen (secondary N) is 2. The van der Waals surface area contributed by atoms with E-state index < -0.39 is 11.7 Å². The fraction of sp³-hybridized carbons (Fsp3) is 0.235. The van der Waals surface area contributed by atoms with Gasteiger partial charge in [0.1, 0.15) is 35.1 Å². The van der Waals surface area contributed by atoms with Crippen molar-refractivity contribution in [2.24, 2.45) is 0 Å². The highest BCUT2D eigenvalue weighted by atomic mass is 19.1. The Kier molecular flexibility index (Phi) is 8.43. The van der Waals surface area contributed by atoms with Crippen LogP contribution in [0.2, 0.25) is 0 Å². The Labute approximate surface area is 259 Å². The Morgan fingerprint density at radius 2 is 1.80 bits per heavy atom. The molecule has 6 rings (SSSR count). The normalized spacial score (nSPS) is 15.3. The Morgan fingerprint density at radius 3 is 2.58 bits per heavy atom. The smallest absolute Gasteiger partial charge is 0.284 e. The minimum Gasteiger partial charge on any atom is -0.494 e. The second-order valence-corrected chi connectivity index (χ2v) is 10.9. The Morgan fingerprint density at radius 1 is 0.978 bits per heavy atom. The summed E-state index contributed by atoms with van der Waals surface area (Å²) >= 11 is 0. The van der Waals surface area contributed by atoms with Crippen molar-refractivity contribution in [3.05, 3.63) is 84.6 Å². The maximum Gasteiger partial charge on any atom is 0.284 e. The Balaban J connectivity index is 1.28. The van der Waals surface area contributed by atoms with Gasteiger partial charge in [-0.15, -0.1) is 0 Å². The van der Waals surface area contributed by atoms with Crippen LogP contribution in [0.15, 0.2) is 79.0 Å². The molecule has 0 bridgehead atoms. The van der Waals surface area contributed by atoms with Crippen molar-refractivity contribution in [1.82, 2.24) is 19.9 Å². The number of carbonyl (C=O) groups excluding carboxylic acids is 1. The SMILES string of the molecule is COc1cc2ncnc(Nc3cc(C)c(Oc4ccc5cccnc5c4)cc3OC)c2cc1NC(=O)/C(F)=C\[C@H]1CCCN1C. The highest BCUT2D eigenvalue weighted by Crippen LogP contribution is 2.39. The molecule has 1 saturated heterocycles. The molecule has 11 heteroatoms. The molecule has 0 aliphatic carbocycles. The number of benzene rings is 3. The van der Waals surface area contributed by atoms with Gasteiger partial charge in [0.15, 0.2) is 5.83 Å². The molecular formula is C34H33FN6O4. The summed E-state index contributed by atoms with van der Waals surface area (Å²) in [7, 11) is 4.96. The number of ether oxygens (including phenoxy) is 3. The number of rotatable bonds is 9. The predicted molar refractivity (Wildman–Crippen MR) is 172 cm³/mol. The molecule has 230 valence electrons. The van der Waals surface area contributed by atoms with Gasteiger partial charge in [-0.1, -0.05) is 6.07 Å². The number of aryl methyl sites for hydroxylation is 1. The third-order valence-electron chi connectivity index (χ3n) is 7.89. The van der Waals surface area contributed by atoms with Gasteiger partial charge >= 0.3 is 0 Å². The number of fused-ring (bicyclic) bond motifs is 2. The molecule has 2 N–H and O–H groups in total. The first-order chi connectivity index (χ1) is 21.8. The van der Waals surface area contributed by atoms with Crippen molar-refractivity contribution in [2.45, 2.75) is 25.8 Å². The third-order valence-corrected chi connectivity index (χ3v) is 7.89. The molecule has 1 fully saturated rings. The lowest BCUT2D eigenvalue weighted by Crippen LogP contribution is -2.24. The van der Waals surface area contributed by atoms with E-state index in [1.807, 2.05) is 55.3 Å². The van der Waals surface area contributed by atoms with Gasteiger partial charge < -0.3 is 24.8 Å². The second kappa shape index (κ2) is 12.7. The molecule has 0 unspecified atom stereocenters. The van der Waals surface area contributed by atoms with E-state index in [-0.39, 0.29) is 11.7 Å². The van der Waals surface area contributed by atoms with Crippen molar-refractivity contribution in [3.63, 3.8) is 0 Å². The van der Waals surface area contributed by atoms with Gasteiger partial charge in [0.2, 0.25) is 0 Å². The molecule has 10 nitrogen and oxygen atoms in total. The lowest BCUT2D eigenvalue weighted by atomic mass is 10.1. The van der Waals surface area contributed by atoms with Crippen molar-refractivity contribution >= 4 is 44.9 Å². The van der Waals surface area contributed by atoms with Crippen LogP contribution in [0.3, 0.4) is 0 Å². The number of aromatic nitrogens is 3. The number of amides is 1. The van der Waals surface area contributed by atoms with Gasteiger partial charge in [0, 0.05) is 41.2 Å². The van der Waals surface area contributed by atoms with E-state index in [4.69, 9.17) is 14.2 Å². The van der Waals surface area contributed by atoms with E-state index in [2.05, 4.69) is 25.6 Å². The molecule has 1 aliphatic rings. The summed E-state index contributed by atoms with van der Waals surface area (Å²) in [6.07, 6.45) is 6.30. The molecule has 5 aromatic rings. The van der Waals surface area contributed by atoms with Gasteiger partial charge in [-0.05, 0) is 75.3 Å². The maximum atomic E-state index is 14.9. The standard InChI is InChI=1S/C34H33FN6O4/c1-20-13-28(32(44-4)18-30(20)45-23-10-9-21-7-5-11-36-26(21)15-23)39-33-24-16-29(31(43-3)17-27(24)37-19-38-33)40-34(42)25(35)14-22-8-6-12-41(22)2/h5,7,9-11,13-19,22H,6,8,12H2,1-4H3,(H,40,42)(H,37,38,39)/b25-14+/t22-/m1/s1. The van der Waals surface area contributed by atoms with Crippen molar-refractivity contribution in [1.29, 1.82) is 0 Å². The van der Waals surface area contributed by atoms with Crippen LogP contribution in [0, 0.1) is 6.92 Å². The van der Waals surface area contributed by atoms with Gasteiger partial charge in [0.25, 0.3) is 5.91 Å². The number of halogens is 1. The number of carbonyl (C=O) groups is 1. The first kappa shape index (κ1) is 29.8. The van der Waals surface area contributed by atoms with Gasteiger partial charge in [-0.3, -0.25) is 14.7 Å². The fourth-order valence-electron chi connectivity index (χ4n) is 5.43. The molecule has 0 saturated carbocycles. The molecule has 0 spiro atoms. The predicted octanol–water partition coefficient (Wildman–Crippen LogP) is 6.93. The number of hydrogen-bond donors (Lipinski definition) is 2. The van der Waals surface area contributed by atoms with Crippen LogP contribution < -0.4 is 24.8 Å². The summed E-state index contributed by atoms with van der Waals surface area (Å²) in [5.41, 5.74) is 3.17. The van der Waals surface area contributed by atoms with Crippen LogP contribution in [0.4, 0.5) is 21.6 Å². The number of likely N-dealkylation sites (tertiary alicyclic amines) is 1. The zero-order chi connectivity index (χ0) is 31.5. The van der Waals surface area contributed by atoms with Gasteiger partial charge in [-0.2, -0.15) is 0 Å². The average molecular weight is 609 g/mol. The number of nitrogens with zero attached hydrogens (tertiary/aromatic N) is 4. The van der Waals surface area contributed by atoms with E-state index in [9.17, 15) is 9.18 Å². The first-order valence-electron chi connectivity index (χ1n) is 14.5. The van der Waals surface area contributed by atoms with Gasteiger partial charge in [0.05, 0.1) is 36.6 Å². The van der Waals surface area contributed by atoms with Crippen LogP contribution in [0.25, 0.3) is 21.8 Å². The van der Waals surface area contributed by atoms with Gasteiger partial charge in [-0.25, -0.2) is 14.4 Å². The monoisotopic (exact) mass is 608 g/mol. The van der Waals surface area contributed by atoms with E-state index in [0.29, 0.717) is 45.4 Å². The van der Waals surface area contributed by atoms with Crippen molar-refractivity contribution in [3.8, 4) is 23.0 Å². The Bertz CT molecular complexity index is 1930. The maximum absolute atomic E-state index is 14.9. The van der Waals surface area contributed by atoms with E-state index >= 15 is 0 Å². The van der Waals surface area contributed by atoms with E-state index in [0.717, 1.165) is 35.9 Å². The first-order valence-corrected chi connectivity index (χ1v) is 14.5. The fourth-order valence-corrected chi connectivity index (χ4v) is 5.43. The number of hydrogen-bond acceptors (Lipinski definition) is 9. The van der Waals surface area contributed by atoms with Crippen LogP contribution >= 0.6 is 0 Å². The molecule has 3 heterocycles. The van der Waals surface area contributed by atoms with Crippen LogP contribution in [-0.2, 0) is 4.79 Å². The Hall–Kier alpha value is -5.29. The molecule has 45 heavy (non-hydrogen) atoms. The van der Waals surface area contributed by atoms with Crippen LogP contribution in [0.1, 0.15) is 18.4 Å². The lowest BCUT2D eigenvalue weighted by molar-refractivity contribution is -0.114. The van der Waals surface area contributed by atoms with Crippen LogP contribution in [-0.4, -0.2) is 59.6 Å². The second-order valence-electron chi connectivity index (χ2n) is 10.9. The summed E-state index contributed by atoms with van der Waals surface area (Å²) in [4.78, 5) is 28.1. The summed E-state index contributed by atoms with van der Waals surface area (Å²) in [6.45, 7) is 2.80. The summed E-state index contributed by atoms with van der Waals surface area (Å²) in [5.74, 6) is 0.884. The molecule has 0 radical (unpaired) electrons. The van der Waals surface area contributed by atoms with Crippen molar-refractivity contribution in [2.75, 3.05) is 38.4 Å². The summed E-state index contributed by atoms with van der Waals surface area (Å²) in [5, 5.41) is 7.59. The average Bonchev–Trinajstić information content (AvgIpc) is 3.45. The number of likely N-dealkylation sites (N-methyl/N-ethyl adjacent to an activating group) is 1. The lowest BCUT2D eigenvalue weighted by Gasteiger charge is -2.17. The highest BCUT2D eigenvalue weighted by molar-refractivity contribution is 6.05. The minimum absolute atomic E-state index is 0.113. The molecule has 1 aliphatic heterocycles. The zero-order valence-corrected chi connectivity index (χ0v) is 25.4. The van der Waals surface area contributed by atoms with E-state index in [1.165, 1.54) is 19.5 Å². The topological polar surface area (TPSA) is 111 Å². The minimum atomic E-state index is -0.852. The molecular weight excluding hydrogens is 575 g/mol. The molecule has 1 amide bonds. The number of pyridine rings is 1. The van der Waals surface area contributed by atoms with E-state index in [1.54, 1.807) is 31.5 Å². The molecule has 3 aromatic carbocycles. The number of methoxy groups -OCH3 is 2. The quantitative estimate of drug-likeness (QED) is 0.172. The van der Waals surface area contributed by atoms with Crippen molar-refractivity contribution < 1.29 is 23.4 Å². The summed E-state index contributed by atoms with van der Waals surface area (Å²) in [6, 6.07) is 16.6. The van der Waals surface area contributed by atoms with Crippen LogP contribution in [0.5, 0.6) is 23.0 Å². The molecule has 1 atom stereocenters. The summed E-state index contributed by atoms with van der Waals surface area (Å²) < 4.78 is 32.3. The highest BCUT2D eigenvalue weighted by Gasteiger charge is 2.22.